The number of carbonyl (C=O) groups is 1. The third kappa shape index (κ3) is 4.09. The molecule has 1 amide bonds. The van der Waals surface area contributed by atoms with Crippen LogP contribution in [0.3, 0.4) is 0 Å². The van der Waals surface area contributed by atoms with Gasteiger partial charge in [0, 0.05) is 25.8 Å². The van der Waals surface area contributed by atoms with Crippen molar-refractivity contribution in [1.82, 2.24) is 0 Å². The number of hydrogen-bond donors (Lipinski definition) is 0. The number of hydrogen-bond acceptors (Lipinski definition) is 5. The van der Waals surface area contributed by atoms with E-state index >= 15 is 0 Å². The van der Waals surface area contributed by atoms with Crippen molar-refractivity contribution in [3.05, 3.63) is 64.0 Å². The summed E-state index contributed by atoms with van der Waals surface area (Å²) < 4.78 is 5.40. The Kier molecular flexibility index (Phi) is 5.71. The van der Waals surface area contributed by atoms with E-state index < -0.39 is 0 Å². The van der Waals surface area contributed by atoms with Crippen LogP contribution in [0.5, 0.6) is 0 Å². The number of para-hydroxylation sites is 1. The van der Waals surface area contributed by atoms with Crippen LogP contribution in [0.15, 0.2) is 58.4 Å². The van der Waals surface area contributed by atoms with Gasteiger partial charge < -0.3 is 14.5 Å². The predicted octanol–water partition coefficient (Wildman–Crippen LogP) is 4.28. The van der Waals surface area contributed by atoms with E-state index in [2.05, 4.69) is 22.0 Å². The maximum Gasteiger partial charge on any atom is 0.286 e. The highest BCUT2D eigenvalue weighted by molar-refractivity contribution is 8.18. The van der Waals surface area contributed by atoms with Gasteiger partial charge in [-0.1, -0.05) is 35.9 Å². The summed E-state index contributed by atoms with van der Waals surface area (Å²) in [6, 6.07) is 15.7. The normalized spacial score (nSPS) is 18.5. The maximum absolute atomic E-state index is 12.4. The molecule has 2 aromatic rings. The molecule has 2 aliphatic rings. The number of thioether (sulfide) groups is 1. The summed E-state index contributed by atoms with van der Waals surface area (Å²) in [5.41, 5.74) is 2.97. The molecule has 0 aliphatic carbocycles. The van der Waals surface area contributed by atoms with Crippen molar-refractivity contribution in [2.75, 3.05) is 43.2 Å². The van der Waals surface area contributed by atoms with E-state index in [-0.39, 0.29) is 5.91 Å². The predicted molar refractivity (Wildman–Crippen MR) is 117 cm³/mol. The van der Waals surface area contributed by atoms with Gasteiger partial charge in [-0.25, -0.2) is 0 Å². The molecule has 0 aromatic heterocycles. The molecule has 0 spiro atoms. The van der Waals surface area contributed by atoms with Crippen LogP contribution in [0.4, 0.5) is 11.4 Å². The maximum atomic E-state index is 12.4. The van der Waals surface area contributed by atoms with Gasteiger partial charge in [0.1, 0.15) is 0 Å². The van der Waals surface area contributed by atoms with E-state index in [1.165, 1.54) is 17.4 Å². The highest BCUT2D eigenvalue weighted by Gasteiger charge is 2.26. The van der Waals surface area contributed by atoms with Crippen molar-refractivity contribution < 1.29 is 9.53 Å². The summed E-state index contributed by atoms with van der Waals surface area (Å²) in [4.78, 5) is 21.3. The van der Waals surface area contributed by atoms with Crippen LogP contribution in [-0.4, -0.2) is 44.4 Å². The average molecular weight is 414 g/mol. The minimum Gasteiger partial charge on any atom is -0.378 e. The zero-order chi connectivity index (χ0) is 19.5. The number of carbonyl (C=O) groups excluding carboxylic acids is 1. The number of benzene rings is 2. The van der Waals surface area contributed by atoms with E-state index in [0.29, 0.717) is 15.1 Å². The molecule has 0 bridgehead atoms. The SMILES string of the molecule is CN(C1=NC(=O)/C(=C\c2ccc(N3CCOCC3)cc2)S1)c1ccccc1Cl. The number of anilines is 2. The number of amidine groups is 1. The number of aliphatic imine (C=N–C) groups is 1. The van der Waals surface area contributed by atoms with Crippen molar-refractivity contribution >= 4 is 51.9 Å². The Labute approximate surface area is 173 Å². The van der Waals surface area contributed by atoms with Gasteiger partial charge in [0.25, 0.3) is 5.91 Å². The van der Waals surface area contributed by atoms with Crippen molar-refractivity contribution in [3.63, 3.8) is 0 Å². The molecule has 28 heavy (non-hydrogen) atoms. The Morgan fingerprint density at radius 1 is 1.14 bits per heavy atom. The minimum absolute atomic E-state index is 0.226. The molecule has 0 N–H and O–H groups in total. The molecule has 4 rings (SSSR count). The van der Waals surface area contributed by atoms with Gasteiger partial charge >= 0.3 is 0 Å². The second-order valence-electron chi connectivity index (χ2n) is 6.51. The molecule has 2 aliphatic heterocycles. The molecule has 1 saturated heterocycles. The van der Waals surface area contributed by atoms with Gasteiger partial charge in [-0.05, 0) is 47.7 Å². The Bertz CT molecular complexity index is 937. The second kappa shape index (κ2) is 8.39. The van der Waals surface area contributed by atoms with Crippen molar-refractivity contribution in [3.8, 4) is 0 Å². The molecule has 2 aromatic carbocycles. The zero-order valence-electron chi connectivity index (χ0n) is 15.5. The highest BCUT2D eigenvalue weighted by Crippen LogP contribution is 2.34. The fourth-order valence-corrected chi connectivity index (χ4v) is 4.27. The Morgan fingerprint density at radius 2 is 1.86 bits per heavy atom. The third-order valence-electron chi connectivity index (χ3n) is 4.68. The van der Waals surface area contributed by atoms with Gasteiger partial charge in [-0.15, -0.1) is 0 Å². The first-order valence-corrected chi connectivity index (χ1v) is 10.2. The minimum atomic E-state index is -0.226. The topological polar surface area (TPSA) is 45.1 Å². The lowest BCUT2D eigenvalue weighted by atomic mass is 10.1. The second-order valence-corrected chi connectivity index (χ2v) is 7.93. The molecule has 7 heteroatoms. The van der Waals surface area contributed by atoms with Gasteiger partial charge in [0.05, 0.1) is 28.8 Å². The number of amides is 1. The molecule has 0 atom stereocenters. The monoisotopic (exact) mass is 413 g/mol. The molecule has 1 fully saturated rings. The van der Waals surface area contributed by atoms with Crippen molar-refractivity contribution in [2.45, 2.75) is 0 Å². The number of halogens is 1. The van der Waals surface area contributed by atoms with Crippen LogP contribution in [0.1, 0.15) is 5.56 Å². The van der Waals surface area contributed by atoms with Crippen LogP contribution >= 0.6 is 23.4 Å². The number of rotatable bonds is 3. The standard InChI is InChI=1S/C21H20ClN3O2S/c1-24(18-5-3-2-4-17(18)22)21-23-20(26)19(28-21)14-15-6-8-16(9-7-15)25-10-12-27-13-11-25/h2-9,14H,10-13H2,1H3/b19-14+. The van der Waals surface area contributed by atoms with E-state index in [1.54, 1.807) is 0 Å². The molecule has 5 nitrogen and oxygen atoms in total. The average Bonchev–Trinajstić information content (AvgIpc) is 3.09. The van der Waals surface area contributed by atoms with E-state index in [4.69, 9.17) is 16.3 Å². The van der Waals surface area contributed by atoms with Gasteiger partial charge in [0.15, 0.2) is 5.17 Å². The molecular formula is C21H20ClN3O2S. The summed E-state index contributed by atoms with van der Waals surface area (Å²) in [7, 11) is 1.86. The van der Waals surface area contributed by atoms with Crippen LogP contribution in [0.25, 0.3) is 6.08 Å². The summed E-state index contributed by atoms with van der Waals surface area (Å²) >= 11 is 7.62. The lowest BCUT2D eigenvalue weighted by Gasteiger charge is -2.28. The lowest BCUT2D eigenvalue weighted by molar-refractivity contribution is -0.113. The summed E-state index contributed by atoms with van der Waals surface area (Å²) in [5.74, 6) is -0.226. The molecular weight excluding hydrogens is 394 g/mol. The van der Waals surface area contributed by atoms with E-state index in [9.17, 15) is 4.79 Å². The summed E-state index contributed by atoms with van der Waals surface area (Å²) in [5, 5.41) is 1.24. The molecule has 0 saturated carbocycles. The molecule has 0 radical (unpaired) electrons. The fraction of sp³-hybridized carbons (Fsp3) is 0.238. The van der Waals surface area contributed by atoms with Crippen molar-refractivity contribution in [1.29, 1.82) is 0 Å². The quantitative estimate of drug-likeness (QED) is 0.702. The Morgan fingerprint density at radius 3 is 2.57 bits per heavy atom. The van der Waals surface area contributed by atoms with Crippen LogP contribution in [0.2, 0.25) is 5.02 Å². The fourth-order valence-electron chi connectivity index (χ4n) is 3.12. The lowest BCUT2D eigenvalue weighted by Crippen LogP contribution is -2.36. The van der Waals surface area contributed by atoms with Gasteiger partial charge in [-0.3, -0.25) is 4.79 Å². The van der Waals surface area contributed by atoms with Crippen LogP contribution in [-0.2, 0) is 9.53 Å². The van der Waals surface area contributed by atoms with Crippen molar-refractivity contribution in [2.24, 2.45) is 4.99 Å². The van der Waals surface area contributed by atoms with Crippen LogP contribution in [0, 0.1) is 0 Å². The highest BCUT2D eigenvalue weighted by atomic mass is 35.5. The largest absolute Gasteiger partial charge is 0.378 e. The first-order chi connectivity index (χ1) is 13.6. The first kappa shape index (κ1) is 19.1. The van der Waals surface area contributed by atoms with Crippen LogP contribution < -0.4 is 9.80 Å². The zero-order valence-corrected chi connectivity index (χ0v) is 17.0. The number of nitrogens with zero attached hydrogens (tertiary/aromatic N) is 3. The Hall–Kier alpha value is -2.28. The summed E-state index contributed by atoms with van der Waals surface area (Å²) in [6.07, 6.45) is 1.88. The van der Waals surface area contributed by atoms with Gasteiger partial charge in [0.2, 0.25) is 0 Å². The first-order valence-electron chi connectivity index (χ1n) is 9.05. The number of ether oxygens (including phenoxy) is 1. The van der Waals surface area contributed by atoms with E-state index in [0.717, 1.165) is 37.6 Å². The Balaban J connectivity index is 1.47. The van der Waals surface area contributed by atoms with Gasteiger partial charge in [-0.2, -0.15) is 4.99 Å². The molecule has 2 heterocycles. The van der Waals surface area contributed by atoms with E-state index in [1.807, 2.05) is 54.4 Å². The molecule has 0 unspecified atom stereocenters. The smallest absolute Gasteiger partial charge is 0.286 e. The molecule has 144 valence electrons. The summed E-state index contributed by atoms with van der Waals surface area (Å²) in [6.45, 7) is 3.33. The number of morpholine rings is 1. The third-order valence-corrected chi connectivity index (χ3v) is 6.06.